The first-order valence-corrected chi connectivity index (χ1v) is 10.2. The second kappa shape index (κ2) is 11.4. The minimum Gasteiger partial charge on any atom is -0.478 e. The quantitative estimate of drug-likeness (QED) is 0.485. The minimum atomic E-state index is -1.00. The lowest BCUT2D eigenvalue weighted by Crippen LogP contribution is -2.21. The fraction of sp³-hybridized carbons (Fsp3) is 0.478. The Hall–Kier alpha value is -2.36. The van der Waals surface area contributed by atoms with Crippen molar-refractivity contribution < 1.29 is 9.90 Å². The van der Waals surface area contributed by atoms with E-state index < -0.39 is 5.97 Å². The first kappa shape index (κ1) is 20.9. The average Bonchev–Trinajstić information content (AvgIpc) is 2.68. The Labute approximate surface area is 161 Å². The molecule has 1 aromatic heterocycles. The van der Waals surface area contributed by atoms with Crippen molar-refractivity contribution >= 4 is 5.97 Å². The van der Waals surface area contributed by atoms with Gasteiger partial charge in [0.2, 0.25) is 0 Å². The lowest BCUT2D eigenvalue weighted by atomic mass is 10.0. The summed E-state index contributed by atoms with van der Waals surface area (Å²) in [6.07, 6.45) is 12.4. The van der Waals surface area contributed by atoms with Gasteiger partial charge in [-0.05, 0) is 12.0 Å². The second-order valence-electron chi connectivity index (χ2n) is 7.13. The van der Waals surface area contributed by atoms with Crippen LogP contribution in [-0.4, -0.2) is 15.6 Å². The van der Waals surface area contributed by atoms with Gasteiger partial charge in [-0.3, -0.25) is 4.79 Å². The van der Waals surface area contributed by atoms with Crippen molar-refractivity contribution in [2.45, 2.75) is 71.3 Å². The molecule has 0 radical (unpaired) electrons. The van der Waals surface area contributed by atoms with Crippen LogP contribution in [0.4, 0.5) is 0 Å². The van der Waals surface area contributed by atoms with Crippen molar-refractivity contribution in [3.63, 3.8) is 0 Å². The van der Waals surface area contributed by atoms with Crippen LogP contribution in [0.2, 0.25) is 0 Å². The highest BCUT2D eigenvalue weighted by Crippen LogP contribution is 2.22. The number of hydrogen-bond acceptors (Lipinski definition) is 2. The molecule has 0 spiro atoms. The van der Waals surface area contributed by atoms with E-state index in [-0.39, 0.29) is 11.1 Å². The predicted molar refractivity (Wildman–Crippen MR) is 110 cm³/mol. The van der Waals surface area contributed by atoms with Crippen molar-refractivity contribution in [3.05, 3.63) is 58.5 Å². The lowest BCUT2D eigenvalue weighted by molar-refractivity contribution is 0.0696. The molecule has 0 fully saturated rings. The van der Waals surface area contributed by atoms with Crippen LogP contribution in [0.25, 0.3) is 11.1 Å². The molecule has 0 bridgehead atoms. The first-order chi connectivity index (χ1) is 13.1. The third-order valence-corrected chi connectivity index (χ3v) is 4.94. The van der Waals surface area contributed by atoms with Gasteiger partial charge in [0.15, 0.2) is 0 Å². The van der Waals surface area contributed by atoms with Crippen LogP contribution in [0.15, 0.2) is 47.4 Å². The molecule has 0 saturated heterocycles. The summed E-state index contributed by atoms with van der Waals surface area (Å²) >= 11 is 0. The van der Waals surface area contributed by atoms with Crippen LogP contribution in [-0.2, 0) is 6.54 Å². The molecule has 27 heavy (non-hydrogen) atoms. The normalized spacial score (nSPS) is 10.9. The predicted octanol–water partition coefficient (Wildman–Crippen LogP) is 5.74. The van der Waals surface area contributed by atoms with Crippen molar-refractivity contribution in [1.82, 2.24) is 4.57 Å². The van der Waals surface area contributed by atoms with Gasteiger partial charge in [-0.1, -0.05) is 88.6 Å². The smallest absolute Gasteiger partial charge is 0.337 e. The van der Waals surface area contributed by atoms with Gasteiger partial charge >= 0.3 is 5.97 Å². The Morgan fingerprint density at radius 3 is 2.11 bits per heavy atom. The van der Waals surface area contributed by atoms with Crippen molar-refractivity contribution in [2.75, 3.05) is 0 Å². The zero-order valence-electron chi connectivity index (χ0n) is 16.3. The van der Waals surface area contributed by atoms with E-state index >= 15 is 0 Å². The molecule has 4 heteroatoms. The Morgan fingerprint density at radius 1 is 0.926 bits per heavy atom. The molecule has 0 amide bonds. The number of carbonyl (C=O) groups is 1. The molecule has 0 unspecified atom stereocenters. The summed E-state index contributed by atoms with van der Waals surface area (Å²) in [5.41, 5.74) is 1.27. The Kier molecular flexibility index (Phi) is 8.82. The zero-order chi connectivity index (χ0) is 19.5. The molecule has 0 atom stereocenters. The number of carboxylic acid groups (broad SMARTS) is 1. The number of aromatic carboxylic acids is 1. The van der Waals surface area contributed by atoms with E-state index in [9.17, 15) is 14.7 Å². The average molecular weight is 370 g/mol. The Balaban J connectivity index is 1.91. The number of nitrogens with zero attached hydrogens (tertiary/aromatic N) is 1. The molecule has 0 saturated carbocycles. The number of pyridine rings is 1. The largest absolute Gasteiger partial charge is 0.478 e. The van der Waals surface area contributed by atoms with Crippen molar-refractivity contribution in [2.24, 2.45) is 0 Å². The van der Waals surface area contributed by atoms with Gasteiger partial charge in [0, 0.05) is 24.4 Å². The van der Waals surface area contributed by atoms with Gasteiger partial charge in [-0.2, -0.15) is 0 Å². The highest BCUT2D eigenvalue weighted by molar-refractivity contribution is 5.95. The van der Waals surface area contributed by atoms with Crippen LogP contribution < -0.4 is 5.56 Å². The summed E-state index contributed by atoms with van der Waals surface area (Å²) in [5, 5.41) is 9.56. The maximum atomic E-state index is 12.4. The van der Waals surface area contributed by atoms with Gasteiger partial charge in [0.25, 0.3) is 5.56 Å². The molecule has 0 aliphatic carbocycles. The van der Waals surface area contributed by atoms with E-state index in [2.05, 4.69) is 6.92 Å². The van der Waals surface area contributed by atoms with Gasteiger partial charge in [-0.15, -0.1) is 0 Å². The molecule has 4 nitrogen and oxygen atoms in total. The third kappa shape index (κ3) is 6.70. The van der Waals surface area contributed by atoms with Crippen LogP contribution in [0.1, 0.15) is 75.1 Å². The monoisotopic (exact) mass is 369 g/mol. The highest BCUT2D eigenvalue weighted by atomic mass is 16.4. The van der Waals surface area contributed by atoms with Crippen molar-refractivity contribution in [3.8, 4) is 11.1 Å². The van der Waals surface area contributed by atoms with Gasteiger partial charge in [0.05, 0.1) is 5.56 Å². The van der Waals surface area contributed by atoms with E-state index in [1.165, 1.54) is 61.8 Å². The van der Waals surface area contributed by atoms with E-state index in [4.69, 9.17) is 0 Å². The zero-order valence-corrected chi connectivity index (χ0v) is 16.3. The van der Waals surface area contributed by atoms with Crippen LogP contribution in [0, 0.1) is 0 Å². The molecular weight excluding hydrogens is 338 g/mol. The number of benzene rings is 1. The Bertz CT molecular complexity index is 765. The fourth-order valence-electron chi connectivity index (χ4n) is 3.37. The minimum absolute atomic E-state index is 0.140. The fourth-order valence-corrected chi connectivity index (χ4v) is 3.37. The SMILES string of the molecule is CCCCCCCCCCCn1cc(C(=O)O)c(-c2ccccc2)cc1=O. The lowest BCUT2D eigenvalue weighted by Gasteiger charge is -2.11. The summed E-state index contributed by atoms with van der Waals surface area (Å²) < 4.78 is 1.54. The van der Waals surface area contributed by atoms with Crippen LogP contribution in [0.5, 0.6) is 0 Å². The summed E-state index contributed by atoms with van der Waals surface area (Å²) in [4.78, 5) is 24.1. The summed E-state index contributed by atoms with van der Waals surface area (Å²) in [6, 6.07) is 10.7. The highest BCUT2D eigenvalue weighted by Gasteiger charge is 2.14. The number of rotatable bonds is 12. The molecular formula is C23H31NO3. The van der Waals surface area contributed by atoms with Gasteiger partial charge < -0.3 is 9.67 Å². The summed E-state index contributed by atoms with van der Waals surface area (Å²) in [5.74, 6) is -1.00. The van der Waals surface area contributed by atoms with E-state index in [0.717, 1.165) is 18.4 Å². The molecule has 2 rings (SSSR count). The molecule has 0 aliphatic heterocycles. The van der Waals surface area contributed by atoms with Gasteiger partial charge in [-0.25, -0.2) is 4.79 Å². The maximum Gasteiger partial charge on any atom is 0.337 e. The summed E-state index contributed by atoms with van der Waals surface area (Å²) in [6.45, 7) is 2.80. The van der Waals surface area contributed by atoms with E-state index in [0.29, 0.717) is 12.1 Å². The Morgan fingerprint density at radius 2 is 1.52 bits per heavy atom. The van der Waals surface area contributed by atoms with Crippen LogP contribution >= 0.6 is 0 Å². The van der Waals surface area contributed by atoms with Crippen molar-refractivity contribution in [1.29, 1.82) is 0 Å². The third-order valence-electron chi connectivity index (χ3n) is 4.94. The van der Waals surface area contributed by atoms with E-state index in [1.807, 2.05) is 30.3 Å². The molecule has 146 valence electrons. The second-order valence-corrected chi connectivity index (χ2v) is 7.13. The number of aromatic nitrogens is 1. The number of unbranched alkanes of at least 4 members (excludes halogenated alkanes) is 8. The van der Waals surface area contributed by atoms with Gasteiger partial charge in [0.1, 0.15) is 0 Å². The topological polar surface area (TPSA) is 59.3 Å². The molecule has 1 heterocycles. The first-order valence-electron chi connectivity index (χ1n) is 10.2. The molecule has 1 N–H and O–H groups in total. The summed E-state index contributed by atoms with van der Waals surface area (Å²) in [7, 11) is 0. The maximum absolute atomic E-state index is 12.4. The molecule has 2 aromatic rings. The number of hydrogen-bond donors (Lipinski definition) is 1. The van der Waals surface area contributed by atoms with Crippen LogP contribution in [0.3, 0.4) is 0 Å². The molecule has 0 aliphatic rings. The van der Waals surface area contributed by atoms with E-state index in [1.54, 1.807) is 0 Å². The molecule has 1 aromatic carbocycles. The standard InChI is InChI=1S/C23H31NO3/c1-2-3-4-5-6-7-8-9-13-16-24-18-21(23(26)27)20(17-22(24)25)19-14-11-10-12-15-19/h10-12,14-15,17-18H,2-9,13,16H2,1H3,(H,26,27). The number of carboxylic acids is 1. The number of aryl methyl sites for hydroxylation is 1.